The fraction of sp³-hybridized carbons (Fsp3) is 0.200. The Kier molecular flexibility index (Phi) is 3.67. The van der Waals surface area contributed by atoms with Gasteiger partial charge in [0.1, 0.15) is 0 Å². The molecule has 0 unspecified atom stereocenters. The lowest BCUT2D eigenvalue weighted by molar-refractivity contribution is 0.483. The van der Waals surface area contributed by atoms with E-state index in [2.05, 4.69) is 10.2 Å². The Bertz CT molecular complexity index is 843. The standard InChI is InChI=1S/C15H15N3O3S/c16-14-8-9-15(13-3-1-2-12(13)14)18-17-10-4-6-11(7-5-10)22(19,20)21/h4-9H,1-3,16H2,(H,19,20,21). The molecule has 114 valence electrons. The predicted molar refractivity (Wildman–Crippen MR) is 83.3 cm³/mol. The van der Waals surface area contributed by atoms with Crippen molar-refractivity contribution in [3.8, 4) is 0 Å². The lowest BCUT2D eigenvalue weighted by atomic mass is 10.1. The molecule has 2 aromatic carbocycles. The summed E-state index contributed by atoms with van der Waals surface area (Å²) in [6.45, 7) is 0. The van der Waals surface area contributed by atoms with E-state index in [0.29, 0.717) is 5.69 Å². The monoisotopic (exact) mass is 317 g/mol. The van der Waals surface area contributed by atoms with Gasteiger partial charge < -0.3 is 5.73 Å². The van der Waals surface area contributed by atoms with Gasteiger partial charge in [-0.2, -0.15) is 18.6 Å². The van der Waals surface area contributed by atoms with E-state index in [1.807, 2.05) is 12.1 Å². The van der Waals surface area contributed by atoms with E-state index < -0.39 is 10.1 Å². The van der Waals surface area contributed by atoms with Crippen molar-refractivity contribution in [3.63, 3.8) is 0 Å². The maximum absolute atomic E-state index is 11.0. The first-order valence-corrected chi connectivity index (χ1v) is 8.29. The van der Waals surface area contributed by atoms with Crippen LogP contribution in [0.2, 0.25) is 0 Å². The molecule has 0 bridgehead atoms. The molecule has 0 aromatic heterocycles. The fourth-order valence-corrected chi connectivity index (χ4v) is 3.08. The third kappa shape index (κ3) is 2.86. The van der Waals surface area contributed by atoms with Crippen LogP contribution in [-0.2, 0) is 23.0 Å². The van der Waals surface area contributed by atoms with Crippen molar-refractivity contribution >= 4 is 27.2 Å². The van der Waals surface area contributed by atoms with Gasteiger partial charge in [-0.1, -0.05) is 0 Å². The van der Waals surface area contributed by atoms with Crippen molar-refractivity contribution in [2.75, 3.05) is 5.73 Å². The van der Waals surface area contributed by atoms with E-state index in [9.17, 15) is 8.42 Å². The number of azo groups is 1. The van der Waals surface area contributed by atoms with Gasteiger partial charge in [0.25, 0.3) is 10.1 Å². The third-order valence-corrected chi connectivity index (χ3v) is 4.57. The Labute approximate surface area is 128 Å². The zero-order valence-corrected chi connectivity index (χ0v) is 12.5. The highest BCUT2D eigenvalue weighted by atomic mass is 32.2. The van der Waals surface area contributed by atoms with Crippen LogP contribution in [0, 0.1) is 0 Å². The summed E-state index contributed by atoms with van der Waals surface area (Å²) in [5, 5.41) is 8.35. The van der Waals surface area contributed by atoms with Gasteiger partial charge in [-0.05, 0) is 66.8 Å². The molecule has 3 N–H and O–H groups in total. The summed E-state index contributed by atoms with van der Waals surface area (Å²) in [6.07, 6.45) is 2.97. The Morgan fingerprint density at radius 1 is 0.955 bits per heavy atom. The molecule has 3 rings (SSSR count). The minimum atomic E-state index is -4.19. The maximum Gasteiger partial charge on any atom is 0.294 e. The van der Waals surface area contributed by atoms with E-state index >= 15 is 0 Å². The molecule has 0 saturated carbocycles. The first kappa shape index (κ1) is 14.7. The molecule has 0 atom stereocenters. The number of anilines is 1. The van der Waals surface area contributed by atoms with Gasteiger partial charge in [0.2, 0.25) is 0 Å². The van der Waals surface area contributed by atoms with E-state index in [1.54, 1.807) is 0 Å². The van der Waals surface area contributed by atoms with E-state index in [-0.39, 0.29) is 4.90 Å². The highest BCUT2D eigenvalue weighted by Crippen LogP contribution is 2.35. The fourth-order valence-electron chi connectivity index (χ4n) is 2.60. The molecule has 1 aliphatic rings. The molecule has 0 spiro atoms. The summed E-state index contributed by atoms with van der Waals surface area (Å²) in [7, 11) is -4.19. The topological polar surface area (TPSA) is 105 Å². The van der Waals surface area contributed by atoms with Crippen LogP contribution >= 0.6 is 0 Å². The molecule has 2 aromatic rings. The molecule has 0 fully saturated rings. The maximum atomic E-state index is 11.0. The largest absolute Gasteiger partial charge is 0.398 e. The summed E-state index contributed by atoms with van der Waals surface area (Å²) in [4.78, 5) is -0.167. The van der Waals surface area contributed by atoms with Crippen LogP contribution in [0.4, 0.5) is 17.1 Å². The van der Waals surface area contributed by atoms with Gasteiger partial charge in [-0.15, -0.1) is 0 Å². The number of nitrogens with zero attached hydrogens (tertiary/aromatic N) is 2. The number of rotatable bonds is 3. The number of nitrogens with two attached hydrogens (primary N) is 1. The number of benzene rings is 2. The van der Waals surface area contributed by atoms with Crippen molar-refractivity contribution in [2.24, 2.45) is 10.2 Å². The molecular weight excluding hydrogens is 302 g/mol. The lowest BCUT2D eigenvalue weighted by Crippen LogP contribution is -1.96. The molecule has 1 aliphatic carbocycles. The Balaban J connectivity index is 1.88. The van der Waals surface area contributed by atoms with Crippen LogP contribution < -0.4 is 5.73 Å². The highest BCUT2D eigenvalue weighted by Gasteiger charge is 2.17. The number of nitrogen functional groups attached to an aromatic ring is 1. The average molecular weight is 317 g/mol. The van der Waals surface area contributed by atoms with Gasteiger partial charge >= 0.3 is 0 Å². The Morgan fingerprint density at radius 2 is 1.64 bits per heavy atom. The van der Waals surface area contributed by atoms with Crippen molar-refractivity contribution in [2.45, 2.75) is 24.2 Å². The quantitative estimate of drug-likeness (QED) is 0.514. The van der Waals surface area contributed by atoms with Gasteiger partial charge in [0.15, 0.2) is 0 Å². The molecule has 6 nitrogen and oxygen atoms in total. The minimum absolute atomic E-state index is 0.167. The van der Waals surface area contributed by atoms with E-state index in [1.165, 1.54) is 24.3 Å². The summed E-state index contributed by atoms with van der Waals surface area (Å²) >= 11 is 0. The predicted octanol–water partition coefficient (Wildman–Crippen LogP) is 3.42. The highest BCUT2D eigenvalue weighted by molar-refractivity contribution is 7.85. The van der Waals surface area contributed by atoms with E-state index in [4.69, 9.17) is 10.3 Å². The second-order valence-electron chi connectivity index (χ2n) is 5.15. The van der Waals surface area contributed by atoms with Crippen molar-refractivity contribution in [1.29, 1.82) is 0 Å². The normalized spacial score (nSPS) is 14.4. The number of fused-ring (bicyclic) bond motifs is 1. The summed E-state index contributed by atoms with van der Waals surface area (Å²) in [6, 6.07) is 9.23. The van der Waals surface area contributed by atoms with Crippen LogP contribution in [0.5, 0.6) is 0 Å². The first-order valence-electron chi connectivity index (χ1n) is 6.85. The van der Waals surface area contributed by atoms with Gasteiger partial charge in [0, 0.05) is 5.69 Å². The van der Waals surface area contributed by atoms with E-state index in [0.717, 1.165) is 41.8 Å². The smallest absolute Gasteiger partial charge is 0.294 e. The average Bonchev–Trinajstić information content (AvgIpc) is 2.97. The summed E-state index contributed by atoms with van der Waals surface area (Å²) < 4.78 is 30.9. The lowest BCUT2D eigenvalue weighted by Gasteiger charge is -2.05. The second-order valence-corrected chi connectivity index (χ2v) is 6.58. The van der Waals surface area contributed by atoms with Crippen LogP contribution in [-0.4, -0.2) is 13.0 Å². The van der Waals surface area contributed by atoms with Gasteiger partial charge in [0.05, 0.1) is 16.3 Å². The van der Waals surface area contributed by atoms with Crippen LogP contribution in [0.25, 0.3) is 0 Å². The summed E-state index contributed by atoms with van der Waals surface area (Å²) in [5.41, 5.74) is 10.3. The first-order chi connectivity index (χ1) is 10.4. The molecule has 0 saturated heterocycles. The van der Waals surface area contributed by atoms with Crippen LogP contribution in [0.3, 0.4) is 0 Å². The molecule has 0 heterocycles. The van der Waals surface area contributed by atoms with Crippen molar-refractivity contribution in [3.05, 3.63) is 47.5 Å². The molecule has 7 heteroatoms. The van der Waals surface area contributed by atoms with Crippen molar-refractivity contribution in [1.82, 2.24) is 0 Å². The minimum Gasteiger partial charge on any atom is -0.398 e. The molecule has 0 radical (unpaired) electrons. The van der Waals surface area contributed by atoms with Crippen LogP contribution in [0.1, 0.15) is 17.5 Å². The SMILES string of the molecule is Nc1ccc(N=Nc2ccc(S(=O)(=O)O)cc2)c2c1CCC2. The Hall–Kier alpha value is -2.25. The molecule has 22 heavy (non-hydrogen) atoms. The number of hydrogen-bond acceptors (Lipinski definition) is 5. The Morgan fingerprint density at radius 3 is 2.32 bits per heavy atom. The molecule has 0 amide bonds. The second kappa shape index (κ2) is 5.51. The zero-order valence-electron chi connectivity index (χ0n) is 11.7. The van der Waals surface area contributed by atoms with Crippen molar-refractivity contribution < 1.29 is 13.0 Å². The summed E-state index contributed by atoms with van der Waals surface area (Å²) in [5.74, 6) is 0. The third-order valence-electron chi connectivity index (χ3n) is 3.70. The molecule has 0 aliphatic heterocycles. The van der Waals surface area contributed by atoms with Gasteiger partial charge in [-0.25, -0.2) is 0 Å². The zero-order chi connectivity index (χ0) is 15.7. The van der Waals surface area contributed by atoms with Crippen LogP contribution in [0.15, 0.2) is 51.5 Å². The van der Waals surface area contributed by atoms with Gasteiger partial charge in [-0.3, -0.25) is 4.55 Å². The number of hydrogen-bond donors (Lipinski definition) is 2. The molecular formula is C15H15N3O3S.